The fraction of sp³-hybridized carbons (Fsp3) is 0.462. The molecular formula is C26H37N5. The SMILES string of the molecule is C=C/C=C(\C=C)CCNCCCNC[C@@H]1CC[C@H](n2cc(C=C)c3c(C)ncnc32)C1. The van der Waals surface area contributed by atoms with Crippen molar-refractivity contribution in [1.82, 2.24) is 25.2 Å². The van der Waals surface area contributed by atoms with Gasteiger partial charge in [0.25, 0.3) is 0 Å². The fourth-order valence-electron chi connectivity index (χ4n) is 4.60. The van der Waals surface area contributed by atoms with Crippen LogP contribution in [0.3, 0.4) is 0 Å². The molecule has 2 atom stereocenters. The minimum atomic E-state index is 0.515. The average molecular weight is 420 g/mol. The van der Waals surface area contributed by atoms with Crippen LogP contribution in [0.2, 0.25) is 0 Å². The van der Waals surface area contributed by atoms with Crippen LogP contribution in [0.15, 0.2) is 56.1 Å². The van der Waals surface area contributed by atoms with Gasteiger partial charge in [0.05, 0.1) is 5.69 Å². The molecule has 2 aromatic heterocycles. The summed E-state index contributed by atoms with van der Waals surface area (Å²) in [5.74, 6) is 0.727. The largest absolute Gasteiger partial charge is 0.329 e. The van der Waals surface area contributed by atoms with E-state index < -0.39 is 0 Å². The molecule has 0 aromatic carbocycles. The van der Waals surface area contributed by atoms with E-state index in [1.807, 2.05) is 31.2 Å². The van der Waals surface area contributed by atoms with Gasteiger partial charge in [-0.05, 0) is 76.7 Å². The first-order chi connectivity index (χ1) is 15.2. The van der Waals surface area contributed by atoms with Crippen LogP contribution >= 0.6 is 0 Å². The molecule has 0 unspecified atom stereocenters. The minimum Gasteiger partial charge on any atom is -0.329 e. The van der Waals surface area contributed by atoms with Crippen molar-refractivity contribution in [3.63, 3.8) is 0 Å². The molecule has 0 aliphatic heterocycles. The maximum absolute atomic E-state index is 4.59. The highest BCUT2D eigenvalue weighted by Gasteiger charge is 2.27. The number of allylic oxidation sites excluding steroid dienone is 3. The quantitative estimate of drug-likeness (QED) is 0.355. The molecule has 0 amide bonds. The van der Waals surface area contributed by atoms with Gasteiger partial charge in [0.2, 0.25) is 0 Å². The van der Waals surface area contributed by atoms with Gasteiger partial charge in [0, 0.05) is 23.2 Å². The van der Waals surface area contributed by atoms with Gasteiger partial charge in [-0.15, -0.1) is 0 Å². The summed E-state index contributed by atoms with van der Waals surface area (Å²) in [5.41, 5.74) is 4.45. The zero-order chi connectivity index (χ0) is 22.1. The van der Waals surface area contributed by atoms with Gasteiger partial charge in [-0.25, -0.2) is 9.97 Å². The Kier molecular flexibility index (Phi) is 8.80. The molecule has 5 heteroatoms. The van der Waals surface area contributed by atoms with Gasteiger partial charge in [-0.1, -0.05) is 44.0 Å². The van der Waals surface area contributed by atoms with E-state index in [1.54, 1.807) is 6.33 Å². The van der Waals surface area contributed by atoms with Gasteiger partial charge in [-0.3, -0.25) is 0 Å². The zero-order valence-corrected chi connectivity index (χ0v) is 18.9. The van der Waals surface area contributed by atoms with Crippen molar-refractivity contribution in [2.75, 3.05) is 26.2 Å². The van der Waals surface area contributed by atoms with Crippen molar-refractivity contribution in [3.05, 3.63) is 67.3 Å². The van der Waals surface area contributed by atoms with Gasteiger partial charge in [0.1, 0.15) is 12.0 Å². The number of rotatable bonds is 13. The predicted molar refractivity (Wildman–Crippen MR) is 132 cm³/mol. The lowest BCUT2D eigenvalue weighted by Gasteiger charge is -2.15. The van der Waals surface area contributed by atoms with Crippen LogP contribution in [-0.2, 0) is 0 Å². The van der Waals surface area contributed by atoms with Gasteiger partial charge >= 0.3 is 0 Å². The Bertz CT molecular complexity index is 923. The Morgan fingerprint density at radius 2 is 2.00 bits per heavy atom. The molecule has 0 saturated heterocycles. The molecule has 0 radical (unpaired) electrons. The van der Waals surface area contributed by atoms with Gasteiger partial charge < -0.3 is 15.2 Å². The van der Waals surface area contributed by atoms with Crippen molar-refractivity contribution < 1.29 is 0 Å². The van der Waals surface area contributed by atoms with E-state index >= 15 is 0 Å². The highest BCUT2D eigenvalue weighted by atomic mass is 15.1. The number of hydrogen-bond donors (Lipinski definition) is 2. The highest BCUT2D eigenvalue weighted by molar-refractivity contribution is 5.88. The Hall–Kier alpha value is -2.50. The third kappa shape index (κ3) is 6.02. The molecule has 1 aliphatic carbocycles. The summed E-state index contributed by atoms with van der Waals surface area (Å²) in [4.78, 5) is 8.96. The third-order valence-corrected chi connectivity index (χ3v) is 6.28. The lowest BCUT2D eigenvalue weighted by atomic mass is 10.1. The Balaban J connectivity index is 1.38. The molecular weight excluding hydrogens is 382 g/mol. The first-order valence-electron chi connectivity index (χ1n) is 11.5. The van der Waals surface area contributed by atoms with Crippen LogP contribution < -0.4 is 10.6 Å². The van der Waals surface area contributed by atoms with E-state index in [2.05, 4.69) is 51.1 Å². The number of hydrogen-bond acceptors (Lipinski definition) is 4. The number of aromatic nitrogens is 3. The molecule has 0 spiro atoms. The molecule has 5 nitrogen and oxygen atoms in total. The third-order valence-electron chi connectivity index (χ3n) is 6.28. The van der Waals surface area contributed by atoms with Crippen LogP contribution in [0.5, 0.6) is 0 Å². The van der Waals surface area contributed by atoms with E-state index in [1.165, 1.54) is 24.8 Å². The molecule has 0 bridgehead atoms. The van der Waals surface area contributed by atoms with Crippen molar-refractivity contribution in [2.24, 2.45) is 5.92 Å². The van der Waals surface area contributed by atoms with Crippen molar-refractivity contribution in [1.29, 1.82) is 0 Å². The Labute approximate surface area is 187 Å². The minimum absolute atomic E-state index is 0.515. The average Bonchev–Trinajstić information content (AvgIpc) is 3.39. The fourth-order valence-corrected chi connectivity index (χ4v) is 4.60. The zero-order valence-electron chi connectivity index (χ0n) is 18.9. The van der Waals surface area contributed by atoms with Crippen LogP contribution in [0.1, 0.15) is 49.4 Å². The lowest BCUT2D eigenvalue weighted by molar-refractivity contribution is 0.452. The number of aryl methyl sites for hydroxylation is 1. The number of fused-ring (bicyclic) bond motifs is 1. The monoisotopic (exact) mass is 419 g/mol. The van der Waals surface area contributed by atoms with E-state index in [0.717, 1.165) is 67.2 Å². The molecule has 31 heavy (non-hydrogen) atoms. The summed E-state index contributed by atoms with van der Waals surface area (Å²) in [6.07, 6.45) is 17.4. The van der Waals surface area contributed by atoms with Crippen LogP contribution in [-0.4, -0.2) is 40.7 Å². The van der Waals surface area contributed by atoms with Crippen molar-refractivity contribution in [2.45, 2.75) is 45.1 Å². The predicted octanol–water partition coefficient (Wildman–Crippen LogP) is 4.98. The summed E-state index contributed by atoms with van der Waals surface area (Å²) in [6, 6.07) is 0.515. The normalized spacial score (nSPS) is 19.1. The van der Waals surface area contributed by atoms with E-state index in [4.69, 9.17) is 0 Å². The molecule has 1 saturated carbocycles. The van der Waals surface area contributed by atoms with E-state index in [9.17, 15) is 0 Å². The number of nitrogens with one attached hydrogen (secondary N) is 2. The number of nitrogens with zero attached hydrogens (tertiary/aromatic N) is 3. The summed E-state index contributed by atoms with van der Waals surface area (Å²) in [5, 5.41) is 8.32. The standard InChI is InChI=1S/C26H37N5/c1-5-9-21(6-2)12-15-27-13-8-14-28-17-22-10-11-24(16-22)31-18-23(7-3)25-20(4)29-19-30-26(25)31/h5-7,9,18-19,22,24,27-28H,1-3,8,10-17H2,4H3/b21-9+/t22-,24+/m1/s1. The van der Waals surface area contributed by atoms with Crippen LogP contribution in [0.25, 0.3) is 17.1 Å². The molecule has 1 fully saturated rings. The second kappa shape index (κ2) is 11.8. The van der Waals surface area contributed by atoms with E-state index in [-0.39, 0.29) is 0 Å². The first kappa shape index (κ1) is 23.2. The van der Waals surface area contributed by atoms with Crippen molar-refractivity contribution in [3.8, 4) is 0 Å². The van der Waals surface area contributed by atoms with Gasteiger partial charge in [-0.2, -0.15) is 0 Å². The van der Waals surface area contributed by atoms with Gasteiger partial charge in [0.15, 0.2) is 0 Å². The molecule has 1 aliphatic rings. The lowest BCUT2D eigenvalue weighted by Crippen LogP contribution is -2.26. The second-order valence-electron chi connectivity index (χ2n) is 8.43. The second-order valence-corrected chi connectivity index (χ2v) is 8.43. The van der Waals surface area contributed by atoms with Crippen molar-refractivity contribution >= 4 is 17.1 Å². The topological polar surface area (TPSA) is 54.8 Å². The van der Waals surface area contributed by atoms with Crippen LogP contribution in [0, 0.1) is 12.8 Å². The molecule has 2 heterocycles. The molecule has 166 valence electrons. The smallest absolute Gasteiger partial charge is 0.144 e. The summed E-state index contributed by atoms with van der Waals surface area (Å²) in [6.45, 7) is 17.8. The Morgan fingerprint density at radius 3 is 2.77 bits per heavy atom. The maximum Gasteiger partial charge on any atom is 0.144 e. The summed E-state index contributed by atoms with van der Waals surface area (Å²) >= 11 is 0. The molecule has 2 N–H and O–H groups in total. The summed E-state index contributed by atoms with van der Waals surface area (Å²) < 4.78 is 2.36. The first-order valence-corrected chi connectivity index (χ1v) is 11.5. The molecule has 2 aromatic rings. The maximum atomic E-state index is 4.59. The Morgan fingerprint density at radius 1 is 1.16 bits per heavy atom. The summed E-state index contributed by atoms with van der Waals surface area (Å²) in [7, 11) is 0. The van der Waals surface area contributed by atoms with E-state index in [0.29, 0.717) is 6.04 Å². The van der Waals surface area contributed by atoms with Crippen LogP contribution in [0.4, 0.5) is 0 Å². The molecule has 3 rings (SSSR count). The highest BCUT2D eigenvalue weighted by Crippen LogP contribution is 2.37.